The summed E-state index contributed by atoms with van der Waals surface area (Å²) < 4.78 is 0.990. The molecule has 18 heavy (non-hydrogen) atoms. The van der Waals surface area contributed by atoms with Crippen molar-refractivity contribution in [1.82, 2.24) is 9.97 Å². The zero-order valence-electron chi connectivity index (χ0n) is 9.35. The standard InChI is InChI=1S/C14H9BrN2O/c15-11-3-1-2-10(8-11)12-5-4-9-6-7-16-14(18)13(9)17-12/h1-8H,(H,16,18). The lowest BCUT2D eigenvalue weighted by atomic mass is 10.1. The van der Waals surface area contributed by atoms with Gasteiger partial charge in [0.15, 0.2) is 0 Å². The third-order valence-electron chi connectivity index (χ3n) is 2.74. The molecule has 3 aromatic rings. The Balaban J connectivity index is 2.25. The van der Waals surface area contributed by atoms with E-state index in [1.807, 2.05) is 42.5 Å². The average molecular weight is 301 g/mol. The molecule has 0 fully saturated rings. The van der Waals surface area contributed by atoms with E-state index >= 15 is 0 Å². The van der Waals surface area contributed by atoms with Gasteiger partial charge in [-0.15, -0.1) is 0 Å². The predicted molar refractivity (Wildman–Crippen MR) is 75.5 cm³/mol. The molecule has 88 valence electrons. The summed E-state index contributed by atoms with van der Waals surface area (Å²) in [6.07, 6.45) is 1.63. The van der Waals surface area contributed by atoms with Gasteiger partial charge in [-0.2, -0.15) is 0 Å². The van der Waals surface area contributed by atoms with Gasteiger partial charge in [-0.05, 0) is 24.3 Å². The van der Waals surface area contributed by atoms with Crippen LogP contribution in [-0.2, 0) is 0 Å². The molecule has 3 nitrogen and oxygen atoms in total. The number of pyridine rings is 2. The number of benzene rings is 1. The van der Waals surface area contributed by atoms with Gasteiger partial charge in [-0.25, -0.2) is 4.98 Å². The van der Waals surface area contributed by atoms with E-state index in [-0.39, 0.29) is 5.56 Å². The molecule has 2 heterocycles. The molecule has 0 aliphatic rings. The van der Waals surface area contributed by atoms with Crippen molar-refractivity contribution in [1.29, 1.82) is 0 Å². The van der Waals surface area contributed by atoms with Crippen LogP contribution in [0.25, 0.3) is 22.2 Å². The quantitative estimate of drug-likeness (QED) is 0.749. The predicted octanol–water partition coefficient (Wildman–Crippen LogP) is 3.35. The molecule has 0 amide bonds. The number of rotatable bonds is 1. The summed E-state index contributed by atoms with van der Waals surface area (Å²) in [5.74, 6) is 0. The molecule has 0 saturated carbocycles. The van der Waals surface area contributed by atoms with Gasteiger partial charge >= 0.3 is 0 Å². The zero-order valence-corrected chi connectivity index (χ0v) is 10.9. The Kier molecular flexibility index (Phi) is 2.72. The number of fused-ring (bicyclic) bond motifs is 1. The molecule has 1 aromatic carbocycles. The topological polar surface area (TPSA) is 45.8 Å². The molecule has 4 heteroatoms. The Labute approximate surface area is 112 Å². The number of hydrogen-bond donors (Lipinski definition) is 1. The van der Waals surface area contributed by atoms with Gasteiger partial charge in [0.05, 0.1) is 5.69 Å². The van der Waals surface area contributed by atoms with E-state index in [2.05, 4.69) is 25.9 Å². The maximum absolute atomic E-state index is 11.7. The third-order valence-corrected chi connectivity index (χ3v) is 3.23. The molecule has 0 spiro atoms. The molecular weight excluding hydrogens is 292 g/mol. The van der Waals surface area contributed by atoms with Crippen LogP contribution in [0.2, 0.25) is 0 Å². The van der Waals surface area contributed by atoms with E-state index < -0.39 is 0 Å². The Hall–Kier alpha value is -1.94. The fourth-order valence-corrected chi connectivity index (χ4v) is 2.27. The summed E-state index contributed by atoms with van der Waals surface area (Å²) in [7, 11) is 0. The number of aromatic nitrogens is 2. The molecule has 0 aliphatic heterocycles. The lowest BCUT2D eigenvalue weighted by molar-refractivity contribution is 1.24. The number of halogens is 1. The molecule has 2 aromatic heterocycles. The molecule has 0 unspecified atom stereocenters. The van der Waals surface area contributed by atoms with E-state index in [0.717, 1.165) is 21.1 Å². The van der Waals surface area contributed by atoms with Gasteiger partial charge in [-0.3, -0.25) is 4.79 Å². The first kappa shape index (κ1) is 11.2. The van der Waals surface area contributed by atoms with Crippen LogP contribution in [0.5, 0.6) is 0 Å². The van der Waals surface area contributed by atoms with Crippen LogP contribution >= 0.6 is 15.9 Å². The summed E-state index contributed by atoms with van der Waals surface area (Å²) in [6, 6.07) is 13.5. The monoisotopic (exact) mass is 300 g/mol. The van der Waals surface area contributed by atoms with Gasteiger partial charge in [-0.1, -0.05) is 34.1 Å². The molecule has 1 N–H and O–H groups in total. The minimum absolute atomic E-state index is 0.163. The summed E-state index contributed by atoms with van der Waals surface area (Å²) in [6.45, 7) is 0. The molecule has 0 radical (unpaired) electrons. The summed E-state index contributed by atoms with van der Waals surface area (Å²) in [5, 5.41) is 0.845. The van der Waals surface area contributed by atoms with Crippen molar-refractivity contribution in [3.8, 4) is 11.3 Å². The van der Waals surface area contributed by atoms with Crippen molar-refractivity contribution >= 4 is 26.8 Å². The molecule has 0 saturated heterocycles. The molecular formula is C14H9BrN2O. The van der Waals surface area contributed by atoms with Crippen molar-refractivity contribution in [2.45, 2.75) is 0 Å². The van der Waals surface area contributed by atoms with Crippen LogP contribution < -0.4 is 5.56 Å². The van der Waals surface area contributed by atoms with Crippen LogP contribution in [0.3, 0.4) is 0 Å². The van der Waals surface area contributed by atoms with E-state index in [1.54, 1.807) is 6.20 Å². The second-order valence-corrected chi connectivity index (χ2v) is 4.87. The number of nitrogens with one attached hydrogen (secondary N) is 1. The van der Waals surface area contributed by atoms with E-state index in [4.69, 9.17) is 0 Å². The second kappa shape index (κ2) is 4.38. The third kappa shape index (κ3) is 1.95. The largest absolute Gasteiger partial charge is 0.327 e. The number of hydrogen-bond acceptors (Lipinski definition) is 2. The van der Waals surface area contributed by atoms with Crippen molar-refractivity contribution in [3.63, 3.8) is 0 Å². The van der Waals surface area contributed by atoms with E-state index in [1.165, 1.54) is 0 Å². The van der Waals surface area contributed by atoms with Crippen molar-refractivity contribution in [2.75, 3.05) is 0 Å². The van der Waals surface area contributed by atoms with Gasteiger partial charge in [0.25, 0.3) is 5.56 Å². The van der Waals surface area contributed by atoms with Crippen LogP contribution in [0.1, 0.15) is 0 Å². The fourth-order valence-electron chi connectivity index (χ4n) is 1.87. The van der Waals surface area contributed by atoms with Crippen LogP contribution in [0, 0.1) is 0 Å². The Morgan fingerprint density at radius 3 is 2.83 bits per heavy atom. The maximum Gasteiger partial charge on any atom is 0.274 e. The molecule has 3 rings (SSSR count). The molecule has 0 aliphatic carbocycles. The smallest absolute Gasteiger partial charge is 0.274 e. The van der Waals surface area contributed by atoms with Gasteiger partial charge in [0.2, 0.25) is 0 Å². The van der Waals surface area contributed by atoms with Gasteiger partial charge in [0.1, 0.15) is 5.52 Å². The highest BCUT2D eigenvalue weighted by atomic mass is 79.9. The maximum atomic E-state index is 11.7. The van der Waals surface area contributed by atoms with E-state index in [0.29, 0.717) is 5.52 Å². The Morgan fingerprint density at radius 1 is 1.11 bits per heavy atom. The van der Waals surface area contributed by atoms with Crippen molar-refractivity contribution < 1.29 is 0 Å². The highest BCUT2D eigenvalue weighted by Gasteiger charge is 2.04. The van der Waals surface area contributed by atoms with E-state index in [9.17, 15) is 4.79 Å². The minimum atomic E-state index is -0.163. The number of aromatic amines is 1. The summed E-state index contributed by atoms with van der Waals surface area (Å²) in [4.78, 5) is 18.8. The number of H-pyrrole nitrogens is 1. The van der Waals surface area contributed by atoms with Crippen molar-refractivity contribution in [2.24, 2.45) is 0 Å². The zero-order chi connectivity index (χ0) is 12.5. The van der Waals surface area contributed by atoms with Crippen LogP contribution in [0.15, 0.2) is 57.9 Å². The average Bonchev–Trinajstić information content (AvgIpc) is 2.39. The highest BCUT2D eigenvalue weighted by molar-refractivity contribution is 9.10. The second-order valence-electron chi connectivity index (χ2n) is 3.95. The minimum Gasteiger partial charge on any atom is -0.327 e. The van der Waals surface area contributed by atoms with Crippen LogP contribution in [-0.4, -0.2) is 9.97 Å². The fraction of sp³-hybridized carbons (Fsp3) is 0. The van der Waals surface area contributed by atoms with Gasteiger partial charge < -0.3 is 4.98 Å². The summed E-state index contributed by atoms with van der Waals surface area (Å²) in [5.41, 5.74) is 2.08. The van der Waals surface area contributed by atoms with Crippen molar-refractivity contribution in [3.05, 3.63) is 63.5 Å². The highest BCUT2D eigenvalue weighted by Crippen LogP contribution is 2.22. The first-order valence-corrected chi connectivity index (χ1v) is 6.28. The SMILES string of the molecule is O=c1[nH]ccc2ccc(-c3cccc(Br)c3)nc12. The Bertz CT molecular complexity index is 780. The molecule has 0 atom stereocenters. The molecule has 0 bridgehead atoms. The first-order chi connectivity index (χ1) is 8.74. The Morgan fingerprint density at radius 2 is 2.00 bits per heavy atom. The van der Waals surface area contributed by atoms with Gasteiger partial charge in [0, 0.05) is 21.6 Å². The lowest BCUT2D eigenvalue weighted by Gasteiger charge is -2.03. The number of nitrogens with zero attached hydrogens (tertiary/aromatic N) is 1. The normalized spacial score (nSPS) is 10.7. The lowest BCUT2D eigenvalue weighted by Crippen LogP contribution is -2.06. The first-order valence-electron chi connectivity index (χ1n) is 5.48. The van der Waals surface area contributed by atoms with Crippen LogP contribution in [0.4, 0.5) is 0 Å². The summed E-state index contributed by atoms with van der Waals surface area (Å²) >= 11 is 3.43.